The van der Waals surface area contributed by atoms with Crippen molar-refractivity contribution in [2.24, 2.45) is 0 Å². The second-order valence-corrected chi connectivity index (χ2v) is 6.95. The molecule has 0 N–H and O–H groups in total. The van der Waals surface area contributed by atoms with Crippen molar-refractivity contribution in [1.29, 1.82) is 0 Å². The second-order valence-electron chi connectivity index (χ2n) is 5.43. The minimum Gasteiger partial charge on any atom is -0.748 e. The number of pyridine rings is 1. The first kappa shape index (κ1) is 14.9. The molecule has 0 amide bonds. The minimum absolute atomic E-state index is 0.313. The molecule has 4 nitrogen and oxygen atoms in total. The zero-order valence-corrected chi connectivity index (χ0v) is 13.1. The molecule has 3 aromatic rings. The van der Waals surface area contributed by atoms with Crippen molar-refractivity contribution in [2.75, 3.05) is 5.75 Å². The van der Waals surface area contributed by atoms with Crippen LogP contribution in [-0.2, 0) is 16.7 Å². The van der Waals surface area contributed by atoms with Crippen LogP contribution in [0.5, 0.6) is 0 Å². The predicted octanol–water partition coefficient (Wildman–Crippen LogP) is 2.52. The Hall–Kier alpha value is -1.98. The number of aromatic nitrogens is 1. The van der Waals surface area contributed by atoms with Gasteiger partial charge in [0.15, 0.2) is 6.54 Å². The van der Waals surface area contributed by atoms with Crippen LogP contribution < -0.4 is 4.57 Å². The smallest absolute Gasteiger partial charge is 0.213 e. The molecule has 0 atom stereocenters. The fraction of sp³-hybridized carbons (Fsp3) is 0.235. The van der Waals surface area contributed by atoms with Gasteiger partial charge in [0.05, 0.1) is 10.1 Å². The summed E-state index contributed by atoms with van der Waals surface area (Å²) in [6.07, 6.45) is 0.313. The first-order valence-electron chi connectivity index (χ1n) is 7.21. The number of rotatable bonds is 4. The molecule has 3 rings (SSSR count). The van der Waals surface area contributed by atoms with Crippen molar-refractivity contribution in [3.63, 3.8) is 0 Å². The first-order valence-corrected chi connectivity index (χ1v) is 8.78. The summed E-state index contributed by atoms with van der Waals surface area (Å²) < 4.78 is 34.6. The molecule has 0 bridgehead atoms. The summed E-state index contributed by atoms with van der Waals surface area (Å²) in [6, 6.07) is 16.1. The third kappa shape index (κ3) is 2.82. The lowest BCUT2D eigenvalue weighted by atomic mass is 10.0. The summed E-state index contributed by atoms with van der Waals surface area (Å²) in [5.41, 5.74) is 3.32. The fourth-order valence-corrected chi connectivity index (χ4v) is 3.45. The Labute approximate surface area is 129 Å². The highest BCUT2D eigenvalue weighted by molar-refractivity contribution is 7.85. The van der Waals surface area contributed by atoms with Gasteiger partial charge in [-0.25, -0.2) is 8.42 Å². The molecule has 114 valence electrons. The van der Waals surface area contributed by atoms with E-state index in [1.165, 1.54) is 5.56 Å². The van der Waals surface area contributed by atoms with Crippen LogP contribution in [0.4, 0.5) is 0 Å². The molecule has 0 saturated heterocycles. The van der Waals surface area contributed by atoms with Gasteiger partial charge >= 0.3 is 0 Å². The van der Waals surface area contributed by atoms with Crippen molar-refractivity contribution in [2.45, 2.75) is 19.9 Å². The Balaban J connectivity index is 2.18. The van der Waals surface area contributed by atoms with Crippen molar-refractivity contribution < 1.29 is 17.5 Å². The van der Waals surface area contributed by atoms with Crippen molar-refractivity contribution >= 4 is 31.9 Å². The number of hydrogen-bond donors (Lipinski definition) is 0. The lowest BCUT2D eigenvalue weighted by molar-refractivity contribution is -0.645. The van der Waals surface area contributed by atoms with Gasteiger partial charge in [-0.2, -0.15) is 4.57 Å². The van der Waals surface area contributed by atoms with E-state index < -0.39 is 10.1 Å². The third-order valence-electron chi connectivity index (χ3n) is 3.97. The Kier molecular flexibility index (Phi) is 3.85. The minimum atomic E-state index is -4.17. The van der Waals surface area contributed by atoms with E-state index in [2.05, 4.69) is 23.6 Å². The zero-order chi connectivity index (χ0) is 15.7. The zero-order valence-electron chi connectivity index (χ0n) is 12.3. The van der Waals surface area contributed by atoms with Crippen molar-refractivity contribution in [1.82, 2.24) is 0 Å². The normalized spacial score (nSPS) is 12.1. The number of aryl methyl sites for hydroxylation is 2. The Bertz CT molecular complexity index is 892. The topological polar surface area (TPSA) is 61.1 Å². The lowest BCUT2D eigenvalue weighted by Crippen LogP contribution is -2.36. The van der Waals surface area contributed by atoms with Crippen LogP contribution in [0.3, 0.4) is 0 Å². The molecule has 5 heteroatoms. The highest BCUT2D eigenvalue weighted by Gasteiger charge is 2.17. The van der Waals surface area contributed by atoms with E-state index >= 15 is 0 Å². The molecule has 1 heterocycles. The number of benzene rings is 2. The Morgan fingerprint density at radius 2 is 1.45 bits per heavy atom. The van der Waals surface area contributed by atoms with E-state index in [4.69, 9.17) is 0 Å². The van der Waals surface area contributed by atoms with E-state index in [1.54, 1.807) is 0 Å². The third-order valence-corrected chi connectivity index (χ3v) is 4.76. The molecule has 1 aromatic heterocycles. The molecule has 2 aromatic carbocycles. The molecule has 0 aliphatic carbocycles. The van der Waals surface area contributed by atoms with Gasteiger partial charge in [0.1, 0.15) is 0 Å². The molecule has 0 unspecified atom stereocenters. The molecule has 0 fully saturated rings. The largest absolute Gasteiger partial charge is 0.748 e. The van der Waals surface area contributed by atoms with Crippen LogP contribution in [0.2, 0.25) is 0 Å². The summed E-state index contributed by atoms with van der Waals surface area (Å²) >= 11 is 0. The van der Waals surface area contributed by atoms with Crippen molar-refractivity contribution in [3.8, 4) is 0 Å². The maximum absolute atomic E-state index is 10.8. The van der Waals surface area contributed by atoms with E-state index in [9.17, 15) is 13.0 Å². The van der Waals surface area contributed by atoms with Gasteiger partial charge in [0, 0.05) is 35.1 Å². The summed E-state index contributed by atoms with van der Waals surface area (Å²) in [5, 5.41) is 2.29. The molecule has 0 radical (unpaired) electrons. The number of fused-ring (bicyclic) bond motifs is 2. The van der Waals surface area contributed by atoms with Crippen LogP contribution in [-0.4, -0.2) is 18.7 Å². The monoisotopic (exact) mass is 315 g/mol. The number of para-hydroxylation sites is 2. The average molecular weight is 315 g/mol. The van der Waals surface area contributed by atoms with Crippen LogP contribution in [0.1, 0.15) is 12.0 Å². The summed E-state index contributed by atoms with van der Waals surface area (Å²) in [6.45, 7) is 2.60. The van der Waals surface area contributed by atoms with Crippen LogP contribution >= 0.6 is 0 Å². The molecule has 0 aliphatic heterocycles. The van der Waals surface area contributed by atoms with E-state index in [0.29, 0.717) is 13.0 Å². The molecule has 22 heavy (non-hydrogen) atoms. The molecule has 0 aliphatic rings. The lowest BCUT2D eigenvalue weighted by Gasteiger charge is -2.10. The quantitative estimate of drug-likeness (QED) is 0.422. The Morgan fingerprint density at radius 3 is 1.95 bits per heavy atom. The molecule has 0 saturated carbocycles. The van der Waals surface area contributed by atoms with Gasteiger partial charge in [0.25, 0.3) is 0 Å². The number of nitrogens with zero attached hydrogens (tertiary/aromatic N) is 1. The molecule has 0 spiro atoms. The number of hydrogen-bond acceptors (Lipinski definition) is 3. The van der Waals surface area contributed by atoms with Crippen molar-refractivity contribution in [3.05, 3.63) is 54.1 Å². The SMILES string of the molecule is Cc1c2ccccc2[n+](CCCS(=O)(=O)[O-])c2ccccc12. The van der Waals surface area contributed by atoms with E-state index in [1.807, 2.05) is 36.4 Å². The first-order chi connectivity index (χ1) is 10.5. The highest BCUT2D eigenvalue weighted by atomic mass is 32.2. The highest BCUT2D eigenvalue weighted by Crippen LogP contribution is 2.23. The summed E-state index contributed by atoms with van der Waals surface area (Å²) in [4.78, 5) is 0. The second kappa shape index (κ2) is 5.66. The van der Waals surface area contributed by atoms with Crippen LogP contribution in [0.15, 0.2) is 48.5 Å². The van der Waals surface area contributed by atoms with Crippen LogP contribution in [0.25, 0.3) is 21.8 Å². The van der Waals surface area contributed by atoms with Gasteiger partial charge in [0.2, 0.25) is 11.0 Å². The maximum atomic E-state index is 10.8. The Morgan fingerprint density at radius 1 is 0.955 bits per heavy atom. The summed E-state index contributed by atoms with van der Waals surface area (Å²) in [7, 11) is -4.17. The molecular weight excluding hydrogens is 298 g/mol. The van der Waals surface area contributed by atoms with Gasteiger partial charge in [-0.3, -0.25) is 0 Å². The molecular formula is C17H17NO3S. The fourth-order valence-electron chi connectivity index (χ4n) is 2.97. The standard InChI is InChI=1S/C17H17NO3S/c1-13-14-7-2-4-9-16(14)18(11-6-12-22(19,20)21)17-10-5-3-8-15(13)17/h2-5,7-10H,6,11-12H2,1H3. The maximum Gasteiger partial charge on any atom is 0.213 e. The van der Waals surface area contributed by atoms with Gasteiger partial charge in [-0.05, 0) is 24.6 Å². The van der Waals surface area contributed by atoms with Crippen LogP contribution in [0, 0.1) is 6.92 Å². The van der Waals surface area contributed by atoms with E-state index in [-0.39, 0.29) is 5.75 Å². The van der Waals surface area contributed by atoms with Gasteiger partial charge < -0.3 is 4.55 Å². The van der Waals surface area contributed by atoms with Gasteiger partial charge in [-0.15, -0.1) is 0 Å². The van der Waals surface area contributed by atoms with E-state index in [0.717, 1.165) is 21.8 Å². The van der Waals surface area contributed by atoms with Gasteiger partial charge in [-0.1, -0.05) is 24.3 Å². The summed E-state index contributed by atoms with van der Waals surface area (Å²) in [5.74, 6) is -0.337. The predicted molar refractivity (Wildman–Crippen MR) is 85.6 cm³/mol. The average Bonchev–Trinajstić information content (AvgIpc) is 2.49.